The monoisotopic (exact) mass is 214 g/mol. The maximum Gasteiger partial charge on any atom is 0.230 e. The SMILES string of the molecule is CC(C)c1ccc(-c2ccc[n+](O)c2)cc1. The number of nitrogens with zero attached hydrogens (tertiary/aromatic N) is 1. The average Bonchev–Trinajstić information content (AvgIpc) is 2.29. The highest BCUT2D eigenvalue weighted by atomic mass is 16.5. The molecule has 0 amide bonds. The predicted molar refractivity (Wildman–Crippen MR) is 63.3 cm³/mol. The summed E-state index contributed by atoms with van der Waals surface area (Å²) in [7, 11) is 0. The normalized spacial score (nSPS) is 10.7. The van der Waals surface area contributed by atoms with Crippen molar-refractivity contribution in [1.29, 1.82) is 0 Å². The van der Waals surface area contributed by atoms with E-state index in [1.54, 1.807) is 12.4 Å². The van der Waals surface area contributed by atoms with Gasteiger partial charge in [-0.05, 0) is 23.1 Å². The van der Waals surface area contributed by atoms with E-state index in [2.05, 4.69) is 38.1 Å². The molecule has 1 N–H and O–H groups in total. The van der Waals surface area contributed by atoms with Crippen LogP contribution in [-0.2, 0) is 0 Å². The fourth-order valence-corrected chi connectivity index (χ4v) is 1.69. The Balaban J connectivity index is 2.35. The molecule has 0 bridgehead atoms. The van der Waals surface area contributed by atoms with Crippen LogP contribution in [0.5, 0.6) is 0 Å². The van der Waals surface area contributed by atoms with Gasteiger partial charge in [0, 0.05) is 10.8 Å². The maximum atomic E-state index is 9.33. The van der Waals surface area contributed by atoms with Gasteiger partial charge in [0.25, 0.3) is 0 Å². The van der Waals surface area contributed by atoms with Crippen LogP contribution in [-0.4, -0.2) is 5.21 Å². The zero-order valence-electron chi connectivity index (χ0n) is 9.59. The first-order chi connectivity index (χ1) is 7.66. The molecule has 0 saturated heterocycles. The zero-order chi connectivity index (χ0) is 11.5. The second-order valence-electron chi connectivity index (χ2n) is 4.25. The fourth-order valence-electron chi connectivity index (χ4n) is 1.69. The van der Waals surface area contributed by atoms with Crippen LogP contribution >= 0.6 is 0 Å². The topological polar surface area (TPSA) is 24.1 Å². The maximum absolute atomic E-state index is 9.33. The first kappa shape index (κ1) is 10.7. The average molecular weight is 214 g/mol. The molecular formula is C14H16NO+. The quantitative estimate of drug-likeness (QED) is 0.603. The summed E-state index contributed by atoms with van der Waals surface area (Å²) < 4.78 is 1.08. The molecule has 1 heterocycles. The summed E-state index contributed by atoms with van der Waals surface area (Å²) >= 11 is 0. The molecule has 2 heteroatoms. The highest BCUT2D eigenvalue weighted by molar-refractivity contribution is 5.61. The zero-order valence-corrected chi connectivity index (χ0v) is 9.59. The summed E-state index contributed by atoms with van der Waals surface area (Å²) in [6, 6.07) is 12.3. The van der Waals surface area contributed by atoms with Crippen molar-refractivity contribution in [2.75, 3.05) is 0 Å². The van der Waals surface area contributed by atoms with Crippen LogP contribution in [0.2, 0.25) is 0 Å². The molecule has 1 aromatic carbocycles. The van der Waals surface area contributed by atoms with Gasteiger partial charge in [-0.25, -0.2) is 0 Å². The predicted octanol–water partition coefficient (Wildman–Crippen LogP) is 3.00. The molecule has 0 spiro atoms. The molecule has 0 aliphatic heterocycles. The van der Waals surface area contributed by atoms with E-state index in [4.69, 9.17) is 0 Å². The smallest absolute Gasteiger partial charge is 0.230 e. The molecule has 16 heavy (non-hydrogen) atoms. The summed E-state index contributed by atoms with van der Waals surface area (Å²) in [5.74, 6) is 0.549. The van der Waals surface area contributed by atoms with Crippen LogP contribution < -0.4 is 4.73 Å². The van der Waals surface area contributed by atoms with Gasteiger partial charge >= 0.3 is 0 Å². The number of pyridine rings is 1. The first-order valence-electron chi connectivity index (χ1n) is 5.48. The van der Waals surface area contributed by atoms with Gasteiger partial charge in [-0.15, -0.1) is 0 Å². The van der Waals surface area contributed by atoms with Gasteiger partial charge in [-0.2, -0.15) is 0 Å². The van der Waals surface area contributed by atoms with Gasteiger partial charge in [-0.3, -0.25) is 5.21 Å². The second-order valence-corrected chi connectivity index (χ2v) is 4.25. The van der Waals surface area contributed by atoms with Crippen LogP contribution in [0.4, 0.5) is 0 Å². The van der Waals surface area contributed by atoms with E-state index < -0.39 is 0 Å². The number of hydrogen-bond donors (Lipinski definition) is 1. The van der Waals surface area contributed by atoms with Gasteiger partial charge in [0.1, 0.15) is 0 Å². The molecule has 0 fully saturated rings. The van der Waals surface area contributed by atoms with E-state index in [0.29, 0.717) is 5.92 Å². The molecule has 0 atom stereocenters. The molecule has 0 saturated carbocycles. The molecular weight excluding hydrogens is 198 g/mol. The minimum absolute atomic E-state index is 0.549. The molecule has 2 aromatic rings. The van der Waals surface area contributed by atoms with Gasteiger partial charge in [0.05, 0.1) is 5.56 Å². The molecule has 2 rings (SSSR count). The third-order valence-corrected chi connectivity index (χ3v) is 2.70. The molecule has 0 aliphatic carbocycles. The minimum atomic E-state index is 0.549. The fraction of sp³-hybridized carbons (Fsp3) is 0.214. The lowest BCUT2D eigenvalue weighted by Gasteiger charge is -2.05. The number of benzene rings is 1. The van der Waals surface area contributed by atoms with Gasteiger partial charge in [0.15, 0.2) is 0 Å². The number of hydrogen-bond acceptors (Lipinski definition) is 1. The molecule has 1 aromatic heterocycles. The van der Waals surface area contributed by atoms with Crippen molar-refractivity contribution in [1.82, 2.24) is 0 Å². The van der Waals surface area contributed by atoms with E-state index in [-0.39, 0.29) is 0 Å². The van der Waals surface area contributed by atoms with Crippen molar-refractivity contribution in [3.05, 3.63) is 54.4 Å². The van der Waals surface area contributed by atoms with E-state index in [1.165, 1.54) is 5.56 Å². The van der Waals surface area contributed by atoms with Crippen molar-refractivity contribution >= 4 is 0 Å². The third kappa shape index (κ3) is 2.22. The van der Waals surface area contributed by atoms with Crippen molar-refractivity contribution in [3.8, 4) is 11.1 Å². The van der Waals surface area contributed by atoms with Crippen molar-refractivity contribution in [2.24, 2.45) is 0 Å². The molecule has 82 valence electrons. The number of aromatic nitrogens is 1. The van der Waals surface area contributed by atoms with Crippen LogP contribution in [0.25, 0.3) is 11.1 Å². The van der Waals surface area contributed by atoms with Crippen molar-refractivity contribution in [2.45, 2.75) is 19.8 Å². The molecule has 2 nitrogen and oxygen atoms in total. The lowest BCUT2D eigenvalue weighted by molar-refractivity contribution is -0.904. The van der Waals surface area contributed by atoms with Gasteiger partial charge in [-0.1, -0.05) is 38.1 Å². The lowest BCUT2D eigenvalue weighted by Crippen LogP contribution is -2.28. The van der Waals surface area contributed by atoms with Crippen molar-refractivity contribution in [3.63, 3.8) is 0 Å². The van der Waals surface area contributed by atoms with Crippen LogP contribution in [0.15, 0.2) is 48.8 Å². The Morgan fingerprint density at radius 3 is 2.25 bits per heavy atom. The third-order valence-electron chi connectivity index (χ3n) is 2.70. The minimum Gasteiger partial charge on any atom is -0.285 e. The summed E-state index contributed by atoms with van der Waals surface area (Å²) in [5, 5.41) is 9.33. The van der Waals surface area contributed by atoms with Crippen molar-refractivity contribution < 1.29 is 9.94 Å². The van der Waals surface area contributed by atoms with Gasteiger partial charge in [0.2, 0.25) is 12.4 Å². The molecule has 0 aliphatic rings. The highest BCUT2D eigenvalue weighted by Crippen LogP contribution is 2.21. The summed E-state index contributed by atoms with van der Waals surface area (Å²) in [5.41, 5.74) is 3.46. The Hall–Kier alpha value is -1.83. The number of rotatable bonds is 2. The Kier molecular flexibility index (Phi) is 2.91. The standard InChI is InChI=1S/C14H16NO/c1-11(2)12-5-7-13(8-6-12)14-4-3-9-15(16)10-14/h3-11,16H,1-2H3/q+1. The Morgan fingerprint density at radius 2 is 1.69 bits per heavy atom. The summed E-state index contributed by atoms with van der Waals surface area (Å²) in [4.78, 5) is 0. The first-order valence-corrected chi connectivity index (χ1v) is 5.48. The Bertz CT molecular complexity index is 474. The molecule has 0 radical (unpaired) electrons. The Labute approximate surface area is 95.8 Å². The van der Waals surface area contributed by atoms with Crippen LogP contribution in [0.1, 0.15) is 25.3 Å². The van der Waals surface area contributed by atoms with E-state index in [1.807, 2.05) is 12.1 Å². The lowest BCUT2D eigenvalue weighted by atomic mass is 10.00. The molecule has 0 unspecified atom stereocenters. The summed E-state index contributed by atoms with van der Waals surface area (Å²) in [6.07, 6.45) is 3.30. The van der Waals surface area contributed by atoms with E-state index in [0.717, 1.165) is 15.9 Å². The van der Waals surface area contributed by atoms with Crippen LogP contribution in [0, 0.1) is 0 Å². The van der Waals surface area contributed by atoms with E-state index in [9.17, 15) is 5.21 Å². The highest BCUT2D eigenvalue weighted by Gasteiger charge is 2.04. The Morgan fingerprint density at radius 1 is 1.00 bits per heavy atom. The van der Waals surface area contributed by atoms with Crippen LogP contribution in [0.3, 0.4) is 0 Å². The van der Waals surface area contributed by atoms with Gasteiger partial charge < -0.3 is 0 Å². The van der Waals surface area contributed by atoms with E-state index >= 15 is 0 Å². The summed E-state index contributed by atoms with van der Waals surface area (Å²) in [6.45, 7) is 4.36. The second kappa shape index (κ2) is 4.35. The largest absolute Gasteiger partial charge is 0.285 e.